The van der Waals surface area contributed by atoms with Gasteiger partial charge in [0.2, 0.25) is 0 Å². The molecule has 1 rings (SSSR count). The van der Waals surface area contributed by atoms with Crippen LogP contribution >= 0.6 is 0 Å². The molecule has 3 heteroatoms. The van der Waals surface area contributed by atoms with Crippen molar-refractivity contribution in [1.82, 2.24) is 4.90 Å². The second kappa shape index (κ2) is 2.11. The Balaban J connectivity index is 2.34. The van der Waals surface area contributed by atoms with E-state index in [4.69, 9.17) is 0 Å². The molecular formula is C5H7FN2. The molecule has 0 aromatic heterocycles. The van der Waals surface area contributed by atoms with Gasteiger partial charge in [0.15, 0.2) is 6.34 Å². The van der Waals surface area contributed by atoms with Gasteiger partial charge in [-0.3, -0.25) is 4.99 Å². The second-order valence-electron chi connectivity index (χ2n) is 1.71. The number of aliphatic imine (C=N–C) groups is 1. The Kier molecular flexibility index (Phi) is 1.46. The summed E-state index contributed by atoms with van der Waals surface area (Å²) in [6, 6.07) is -0.278. The van der Waals surface area contributed by atoms with Gasteiger partial charge in [-0.05, 0) is 0 Å². The molecule has 1 heterocycles. The van der Waals surface area contributed by atoms with Crippen LogP contribution in [-0.4, -0.2) is 31.0 Å². The monoisotopic (exact) mass is 114 g/mol. The fourth-order valence-corrected chi connectivity index (χ4v) is 0.564. The fraction of sp³-hybridized carbons (Fsp3) is 0.600. The Bertz CT molecular complexity index is 103. The van der Waals surface area contributed by atoms with Crippen LogP contribution in [0.15, 0.2) is 4.99 Å². The smallest absolute Gasteiger partial charge is 0.167 e. The van der Waals surface area contributed by atoms with Gasteiger partial charge in [0.25, 0.3) is 0 Å². The highest BCUT2D eigenvalue weighted by Crippen LogP contribution is 2.05. The number of halogens is 1. The van der Waals surface area contributed by atoms with E-state index in [1.165, 1.54) is 0 Å². The molecule has 1 atom stereocenters. The molecule has 0 saturated heterocycles. The molecule has 0 aromatic rings. The number of likely N-dealkylation sites (N-methyl/N-ethyl adjacent to an activating group) is 1. The van der Waals surface area contributed by atoms with Gasteiger partial charge < -0.3 is 4.90 Å². The minimum atomic E-state index is -0.419. The molecule has 1 aliphatic rings. The van der Waals surface area contributed by atoms with Gasteiger partial charge in [0.1, 0.15) is 12.7 Å². The molecule has 0 bridgehead atoms. The minimum Gasteiger partial charge on any atom is -0.349 e. The van der Waals surface area contributed by atoms with E-state index in [-0.39, 0.29) is 6.04 Å². The highest BCUT2D eigenvalue weighted by Gasteiger charge is 2.14. The fourth-order valence-electron chi connectivity index (χ4n) is 0.564. The summed E-state index contributed by atoms with van der Waals surface area (Å²) in [5.41, 5.74) is 0. The molecule has 0 amide bonds. The average Bonchev–Trinajstić information content (AvgIpc) is 2.14. The quantitative estimate of drug-likeness (QED) is 0.480. The highest BCUT2D eigenvalue weighted by molar-refractivity contribution is 5.59. The standard InChI is InChI=1S/C5H7FN2/c1-8-3-5(2-6)7-4-8/h3,5H,2H2,1H3. The van der Waals surface area contributed by atoms with E-state index in [0.29, 0.717) is 0 Å². The van der Waals surface area contributed by atoms with Crippen LogP contribution in [0.1, 0.15) is 0 Å². The lowest BCUT2D eigenvalue weighted by Crippen LogP contribution is -2.12. The molecule has 0 spiro atoms. The average molecular weight is 114 g/mol. The maximum Gasteiger partial charge on any atom is 0.167 e. The third-order valence-corrected chi connectivity index (χ3v) is 0.935. The predicted octanol–water partition coefficient (Wildman–Crippen LogP) is 0.337. The number of rotatable bonds is 1. The lowest BCUT2D eigenvalue weighted by Gasteiger charge is -2.03. The van der Waals surface area contributed by atoms with Crippen LogP contribution in [0, 0.1) is 6.54 Å². The van der Waals surface area contributed by atoms with Gasteiger partial charge >= 0.3 is 0 Å². The summed E-state index contributed by atoms with van der Waals surface area (Å²) in [6.45, 7) is 1.26. The van der Waals surface area contributed by atoms with E-state index in [1.807, 2.05) is 0 Å². The Morgan fingerprint density at radius 2 is 2.75 bits per heavy atom. The Morgan fingerprint density at radius 1 is 2.00 bits per heavy atom. The number of hydrogen-bond acceptors (Lipinski definition) is 2. The second-order valence-corrected chi connectivity index (χ2v) is 1.71. The van der Waals surface area contributed by atoms with Gasteiger partial charge in [-0.1, -0.05) is 0 Å². The van der Waals surface area contributed by atoms with Gasteiger partial charge in [-0.15, -0.1) is 0 Å². The summed E-state index contributed by atoms with van der Waals surface area (Å²) in [5.74, 6) is 0. The molecular weight excluding hydrogens is 107 g/mol. The molecule has 0 aromatic carbocycles. The maximum atomic E-state index is 11.7. The van der Waals surface area contributed by atoms with E-state index in [2.05, 4.69) is 11.3 Å². The molecule has 1 aliphatic heterocycles. The lowest BCUT2D eigenvalue weighted by atomic mass is 10.3. The molecule has 2 radical (unpaired) electrons. The summed E-state index contributed by atoms with van der Waals surface area (Å²) in [6.07, 6.45) is 2.58. The first-order valence-electron chi connectivity index (χ1n) is 2.42. The van der Waals surface area contributed by atoms with Gasteiger partial charge in [0.05, 0.1) is 6.54 Å². The Morgan fingerprint density at radius 3 is 3.00 bits per heavy atom. The first-order chi connectivity index (χ1) is 3.83. The van der Waals surface area contributed by atoms with Gasteiger partial charge in [-0.25, -0.2) is 4.39 Å². The van der Waals surface area contributed by atoms with Crippen molar-refractivity contribution in [3.8, 4) is 0 Å². The summed E-state index contributed by atoms with van der Waals surface area (Å²) in [4.78, 5) is 5.31. The summed E-state index contributed by atoms with van der Waals surface area (Å²) >= 11 is 0. The topological polar surface area (TPSA) is 15.6 Å². The zero-order valence-corrected chi connectivity index (χ0v) is 4.63. The van der Waals surface area contributed by atoms with E-state index in [9.17, 15) is 4.39 Å². The summed E-state index contributed by atoms with van der Waals surface area (Å²) in [7, 11) is 1.78. The maximum absolute atomic E-state index is 11.7. The Labute approximate surface area is 48.0 Å². The van der Waals surface area contributed by atoms with Crippen molar-refractivity contribution >= 4 is 6.34 Å². The zero-order valence-electron chi connectivity index (χ0n) is 4.63. The van der Waals surface area contributed by atoms with Crippen molar-refractivity contribution in [1.29, 1.82) is 0 Å². The minimum absolute atomic E-state index is 0.278. The van der Waals surface area contributed by atoms with Crippen LogP contribution in [0.2, 0.25) is 0 Å². The molecule has 2 nitrogen and oxygen atoms in total. The first kappa shape index (κ1) is 5.54. The predicted molar refractivity (Wildman–Crippen MR) is 29.3 cm³/mol. The van der Waals surface area contributed by atoms with E-state index >= 15 is 0 Å². The third kappa shape index (κ3) is 0.967. The van der Waals surface area contributed by atoms with Crippen molar-refractivity contribution in [2.24, 2.45) is 4.99 Å². The molecule has 0 fully saturated rings. The zero-order chi connectivity index (χ0) is 5.98. The van der Waals surface area contributed by atoms with Crippen molar-refractivity contribution in [3.63, 3.8) is 0 Å². The molecule has 1 unspecified atom stereocenters. The van der Waals surface area contributed by atoms with E-state index in [0.717, 1.165) is 0 Å². The number of nitrogens with zero attached hydrogens (tertiary/aromatic N) is 2. The van der Waals surface area contributed by atoms with Crippen LogP contribution in [0.5, 0.6) is 0 Å². The number of alkyl halides is 1. The summed E-state index contributed by atoms with van der Waals surface area (Å²) in [5, 5.41) is 0. The van der Waals surface area contributed by atoms with Gasteiger partial charge in [-0.2, -0.15) is 0 Å². The molecule has 0 aliphatic carbocycles. The van der Waals surface area contributed by atoms with E-state index in [1.54, 1.807) is 18.5 Å². The van der Waals surface area contributed by atoms with Crippen LogP contribution in [0.3, 0.4) is 0 Å². The number of hydrogen-bond donors (Lipinski definition) is 0. The van der Waals surface area contributed by atoms with Crippen LogP contribution < -0.4 is 0 Å². The van der Waals surface area contributed by atoms with Crippen molar-refractivity contribution in [2.45, 2.75) is 6.04 Å². The summed E-state index contributed by atoms with van der Waals surface area (Å²) < 4.78 is 11.7. The van der Waals surface area contributed by atoms with Crippen LogP contribution in [0.4, 0.5) is 4.39 Å². The molecule has 0 saturated carbocycles. The van der Waals surface area contributed by atoms with Gasteiger partial charge in [0, 0.05) is 7.05 Å². The molecule has 44 valence electrons. The van der Waals surface area contributed by atoms with Crippen LogP contribution in [-0.2, 0) is 0 Å². The normalized spacial score (nSPS) is 27.2. The highest BCUT2D eigenvalue weighted by atomic mass is 19.1. The first-order valence-corrected chi connectivity index (χ1v) is 2.42. The SMILES string of the molecule is CN1[C]=NC(CF)[CH]1. The third-order valence-electron chi connectivity index (χ3n) is 0.935. The van der Waals surface area contributed by atoms with Crippen molar-refractivity contribution < 1.29 is 4.39 Å². The largest absolute Gasteiger partial charge is 0.349 e. The van der Waals surface area contributed by atoms with Crippen molar-refractivity contribution in [3.05, 3.63) is 6.54 Å². The van der Waals surface area contributed by atoms with Crippen LogP contribution in [0.25, 0.3) is 0 Å². The van der Waals surface area contributed by atoms with Crippen molar-refractivity contribution in [2.75, 3.05) is 13.7 Å². The van der Waals surface area contributed by atoms with E-state index < -0.39 is 6.67 Å². The Hall–Kier alpha value is -0.600. The molecule has 8 heavy (non-hydrogen) atoms. The lowest BCUT2D eigenvalue weighted by molar-refractivity contribution is 0.437. The molecule has 0 N–H and O–H groups in total.